The first-order valence-electron chi connectivity index (χ1n) is 30.2. The van der Waals surface area contributed by atoms with Gasteiger partial charge in [0, 0.05) is 0 Å². The number of benzene rings is 3. The second kappa shape index (κ2) is 28.1. The Bertz CT molecular complexity index is 2920. The van der Waals surface area contributed by atoms with Gasteiger partial charge in [0.15, 0.2) is 0 Å². The average molecular weight is 1090 g/mol. The summed E-state index contributed by atoms with van der Waals surface area (Å²) in [5.74, 6) is 0. The Morgan fingerprint density at radius 1 is 0.312 bits per heavy atom. The Morgan fingerprint density at radius 3 is 1.14 bits per heavy atom. The maximum absolute atomic E-state index is 4.21. The summed E-state index contributed by atoms with van der Waals surface area (Å²) in [4.78, 5) is 0. The summed E-state index contributed by atoms with van der Waals surface area (Å²) >= 11 is 0. The first kappa shape index (κ1) is 73.3. The molecule has 3 aliphatic carbocycles. The van der Waals surface area contributed by atoms with Crippen LogP contribution in [0.4, 0.5) is 0 Å². The van der Waals surface area contributed by atoms with Gasteiger partial charge < -0.3 is 0 Å². The lowest BCUT2D eigenvalue weighted by Crippen LogP contribution is -2.17. The van der Waals surface area contributed by atoms with Crippen LogP contribution in [-0.4, -0.2) is 0 Å². The normalized spacial score (nSPS) is 15.6. The van der Waals surface area contributed by atoms with E-state index in [0.717, 1.165) is 19.3 Å². The summed E-state index contributed by atoms with van der Waals surface area (Å²) in [5.41, 5.74) is 38.4. The molecule has 0 saturated heterocycles. The van der Waals surface area contributed by atoms with E-state index in [9.17, 15) is 0 Å². The second-order valence-corrected chi connectivity index (χ2v) is 31.0. The van der Waals surface area contributed by atoms with Gasteiger partial charge in [0.05, 0.1) is 0 Å². The van der Waals surface area contributed by atoms with Crippen LogP contribution >= 0.6 is 0 Å². The average Bonchev–Trinajstić information content (AvgIpc) is 3.22. The highest BCUT2D eigenvalue weighted by Crippen LogP contribution is 2.43. The van der Waals surface area contributed by atoms with Crippen molar-refractivity contribution in [3.63, 3.8) is 0 Å². The van der Waals surface area contributed by atoms with Gasteiger partial charge in [-0.05, 0) is 286 Å². The predicted molar refractivity (Wildman–Crippen MR) is 366 cm³/mol. The molecular formula is C80H124. The molecule has 0 unspecified atom stereocenters. The summed E-state index contributed by atoms with van der Waals surface area (Å²) < 4.78 is 0. The highest BCUT2D eigenvalue weighted by Gasteiger charge is 2.28. The molecule has 0 aromatic heterocycles. The van der Waals surface area contributed by atoms with Gasteiger partial charge in [-0.2, -0.15) is 0 Å². The van der Waals surface area contributed by atoms with E-state index in [1.165, 1.54) is 145 Å². The summed E-state index contributed by atoms with van der Waals surface area (Å²) in [5, 5.41) is 0. The number of hydrogen-bond acceptors (Lipinski definition) is 0. The Balaban J connectivity index is 0.000000480. The molecule has 6 rings (SSSR count). The molecule has 0 nitrogen and oxygen atoms in total. The molecule has 3 aliphatic rings. The third-order valence-corrected chi connectivity index (χ3v) is 16.5. The van der Waals surface area contributed by atoms with Gasteiger partial charge in [-0.3, -0.25) is 0 Å². The lowest BCUT2D eigenvalue weighted by molar-refractivity contribution is 0.501. The fourth-order valence-electron chi connectivity index (χ4n) is 13.0. The minimum atomic E-state index is 0.225. The third kappa shape index (κ3) is 20.9. The summed E-state index contributed by atoms with van der Waals surface area (Å²) in [6.45, 7) is 90.8. The van der Waals surface area contributed by atoms with Crippen LogP contribution in [0.3, 0.4) is 0 Å². The van der Waals surface area contributed by atoms with Crippen molar-refractivity contribution in [3.8, 4) is 0 Å². The van der Waals surface area contributed by atoms with Crippen molar-refractivity contribution in [2.24, 2.45) is 16.2 Å². The molecule has 0 amide bonds. The van der Waals surface area contributed by atoms with E-state index in [-0.39, 0.29) is 32.5 Å². The number of aryl methyl sites for hydroxylation is 8. The zero-order valence-corrected chi connectivity index (χ0v) is 59.3. The molecule has 0 heteroatoms. The van der Waals surface area contributed by atoms with Gasteiger partial charge >= 0.3 is 0 Å². The van der Waals surface area contributed by atoms with E-state index < -0.39 is 0 Å². The Labute approximate surface area is 498 Å². The zero-order valence-electron chi connectivity index (χ0n) is 59.3. The zero-order chi connectivity index (χ0) is 63.1. The molecule has 0 spiro atoms. The van der Waals surface area contributed by atoms with Crippen LogP contribution in [-0.2, 0) is 16.2 Å². The summed E-state index contributed by atoms with van der Waals surface area (Å²) in [7, 11) is 0. The molecule has 0 heterocycles. The van der Waals surface area contributed by atoms with E-state index in [1.54, 1.807) is 0 Å². The number of hydrogen-bond donors (Lipinski definition) is 0. The fourth-order valence-corrected chi connectivity index (χ4v) is 13.0. The first-order chi connectivity index (χ1) is 35.8. The van der Waals surface area contributed by atoms with Crippen LogP contribution in [0.15, 0.2) is 135 Å². The van der Waals surface area contributed by atoms with Gasteiger partial charge in [0.1, 0.15) is 0 Å². The van der Waals surface area contributed by atoms with Crippen LogP contribution in [0, 0.1) is 85.5 Å². The van der Waals surface area contributed by atoms with Crippen LogP contribution in [0.25, 0.3) is 0 Å². The summed E-state index contributed by atoms with van der Waals surface area (Å²) in [6.07, 6.45) is 7.73. The predicted octanol–water partition coefficient (Wildman–Crippen LogP) is 25.2. The Hall–Kier alpha value is -4.68. The molecule has 0 aliphatic heterocycles. The number of allylic oxidation sites excluding steroid dienone is 15. The van der Waals surface area contributed by atoms with Gasteiger partial charge in [-0.15, -0.1) is 0 Å². The highest BCUT2D eigenvalue weighted by atomic mass is 14.3. The van der Waals surface area contributed by atoms with E-state index in [2.05, 4.69) is 305 Å². The topological polar surface area (TPSA) is 0 Å². The van der Waals surface area contributed by atoms with E-state index in [1.807, 2.05) is 0 Å². The molecule has 0 bridgehead atoms. The molecule has 0 fully saturated rings. The quantitative estimate of drug-likeness (QED) is 0.210. The van der Waals surface area contributed by atoms with Crippen molar-refractivity contribution >= 4 is 0 Å². The summed E-state index contributed by atoms with van der Waals surface area (Å²) in [6, 6.07) is 11.5. The molecule has 80 heavy (non-hydrogen) atoms. The van der Waals surface area contributed by atoms with Crippen LogP contribution in [0.2, 0.25) is 0 Å². The monoisotopic (exact) mass is 1080 g/mol. The van der Waals surface area contributed by atoms with Gasteiger partial charge in [-0.1, -0.05) is 215 Å². The van der Waals surface area contributed by atoms with Crippen molar-refractivity contribution < 1.29 is 0 Å². The minimum absolute atomic E-state index is 0.225. The van der Waals surface area contributed by atoms with Crippen molar-refractivity contribution in [1.29, 1.82) is 0 Å². The van der Waals surface area contributed by atoms with Gasteiger partial charge in [0.2, 0.25) is 0 Å². The molecule has 0 atom stereocenters. The van der Waals surface area contributed by atoms with Gasteiger partial charge in [0.25, 0.3) is 0 Å². The second-order valence-electron chi connectivity index (χ2n) is 31.0. The lowest BCUT2D eigenvalue weighted by atomic mass is 9.73. The SMILES string of the molecule is C=C1CC(C)=C(C)C(C)=C1C(C)(C)C.C=C1CC(C)=C(C)C=C1C(C)(C)C.C=C1CC(C)=CC(C)=C1C(C)(C)C.Cc1cc(C)c(C(C)(C)C)c(C)c1.Cc1cc(C)c(C(C)(C)C)c(C)c1C.Cc1cc(C)c(C(C)(C)C)cc1C. The first-order valence-corrected chi connectivity index (χ1v) is 30.2. The molecule has 3 aromatic carbocycles. The minimum Gasteiger partial charge on any atom is -0.0952 e. The fraction of sp³-hybridized carbons (Fsp3) is 0.550. The molecule has 3 aromatic rings. The van der Waals surface area contributed by atoms with Crippen molar-refractivity contribution in [1.82, 2.24) is 0 Å². The standard InChI is InChI=1S/2C14H22.4C13H20/c2*1-9-8-10(2)13(14(5,6)7)12(4)11(9)3;2*1-9-7-11(3)12(8-10(9)2)13(4,5)6;2*1-9-7-10(2)12(11(3)8-9)13(4,5)6/h8H,1-7H3;2,8H2,1,3-7H3;7-8H,1-6H3;8H,3,7H2,1-2,4-6H3;7-8H,1-6H3;8H,2,7H2,1,3-6H3. The molecule has 444 valence electrons. The van der Waals surface area contributed by atoms with Gasteiger partial charge in [-0.25, -0.2) is 0 Å². The smallest absolute Gasteiger partial charge is 0.00669 e. The van der Waals surface area contributed by atoms with Crippen molar-refractivity contribution in [2.45, 2.75) is 278 Å². The Morgan fingerprint density at radius 2 is 0.725 bits per heavy atom. The molecule has 0 N–H and O–H groups in total. The van der Waals surface area contributed by atoms with E-state index in [0.29, 0.717) is 0 Å². The largest absolute Gasteiger partial charge is 0.0952 e. The molecular weight excluding hydrogens is 961 g/mol. The Kier molecular flexibility index (Phi) is 25.7. The van der Waals surface area contributed by atoms with Crippen LogP contribution in [0.1, 0.15) is 265 Å². The third-order valence-electron chi connectivity index (χ3n) is 16.5. The highest BCUT2D eigenvalue weighted by molar-refractivity contribution is 5.53. The maximum atomic E-state index is 4.21. The lowest BCUT2D eigenvalue weighted by Gasteiger charge is -2.32. The van der Waals surface area contributed by atoms with E-state index >= 15 is 0 Å². The maximum Gasteiger partial charge on any atom is -0.00669 e. The van der Waals surface area contributed by atoms with Crippen LogP contribution < -0.4 is 0 Å². The molecule has 0 saturated carbocycles. The van der Waals surface area contributed by atoms with Crippen LogP contribution in [0.5, 0.6) is 0 Å². The molecule has 0 radical (unpaired) electrons. The number of rotatable bonds is 0. The van der Waals surface area contributed by atoms with Crippen molar-refractivity contribution in [3.05, 3.63) is 207 Å². The van der Waals surface area contributed by atoms with Crippen molar-refractivity contribution in [2.75, 3.05) is 0 Å². The van der Waals surface area contributed by atoms with E-state index in [4.69, 9.17) is 0 Å².